The van der Waals surface area contributed by atoms with E-state index >= 15 is 0 Å². The van der Waals surface area contributed by atoms with Crippen LogP contribution in [0.4, 0.5) is 0 Å². The second kappa shape index (κ2) is 6.69. The normalized spacial score (nSPS) is 22.4. The summed E-state index contributed by atoms with van der Waals surface area (Å²) in [5.74, 6) is -0.944. The number of hydrogen-bond donors (Lipinski definition) is 1. The van der Waals surface area contributed by atoms with Crippen LogP contribution in [0.3, 0.4) is 0 Å². The lowest BCUT2D eigenvalue weighted by atomic mass is 10.1. The van der Waals surface area contributed by atoms with Crippen molar-refractivity contribution >= 4 is 17.8 Å². The van der Waals surface area contributed by atoms with Crippen molar-refractivity contribution in [2.75, 3.05) is 19.7 Å². The van der Waals surface area contributed by atoms with Crippen molar-refractivity contribution in [3.8, 4) is 0 Å². The summed E-state index contributed by atoms with van der Waals surface area (Å²) >= 11 is 0. The molecule has 0 unspecified atom stereocenters. The number of nitrogens with zero attached hydrogens (tertiary/aromatic N) is 2. The molecule has 2 N–H and O–H groups in total. The summed E-state index contributed by atoms with van der Waals surface area (Å²) < 4.78 is 4.92. The van der Waals surface area contributed by atoms with E-state index in [-0.39, 0.29) is 18.4 Å². The van der Waals surface area contributed by atoms with Crippen LogP contribution in [0.2, 0.25) is 0 Å². The molecule has 1 aliphatic rings. The van der Waals surface area contributed by atoms with Crippen LogP contribution in [-0.2, 0) is 19.1 Å². The maximum atomic E-state index is 12.3. The molecule has 7 nitrogen and oxygen atoms in total. The minimum Gasteiger partial charge on any atom is -0.464 e. The van der Waals surface area contributed by atoms with E-state index in [2.05, 4.69) is 0 Å². The Morgan fingerprint density at radius 3 is 2.50 bits per heavy atom. The predicted molar refractivity (Wildman–Crippen MR) is 72.6 cm³/mol. The first-order valence-corrected chi connectivity index (χ1v) is 6.84. The van der Waals surface area contributed by atoms with E-state index in [0.717, 1.165) is 0 Å². The molecule has 1 aliphatic heterocycles. The Morgan fingerprint density at radius 1 is 1.40 bits per heavy atom. The number of carbonyl (C=O) groups is 3. The van der Waals surface area contributed by atoms with Crippen molar-refractivity contribution in [2.45, 2.75) is 45.8 Å². The standard InChI is InChI=1S/C13H23N3O4/c1-5-20-13(19)10(4)16-7-6-15(9(3)12(16)18)11(17)8(2)14/h8-10H,5-7,14H2,1-4H3/t8-,9+,10+/m1/s1. The molecule has 20 heavy (non-hydrogen) atoms. The van der Waals surface area contributed by atoms with Crippen LogP contribution < -0.4 is 5.73 Å². The van der Waals surface area contributed by atoms with Crippen molar-refractivity contribution in [3.63, 3.8) is 0 Å². The molecule has 0 aliphatic carbocycles. The van der Waals surface area contributed by atoms with Crippen molar-refractivity contribution in [1.29, 1.82) is 0 Å². The average molecular weight is 285 g/mol. The Morgan fingerprint density at radius 2 is 2.00 bits per heavy atom. The number of amides is 2. The molecule has 0 saturated carbocycles. The van der Waals surface area contributed by atoms with Gasteiger partial charge in [0.1, 0.15) is 12.1 Å². The number of esters is 1. The van der Waals surface area contributed by atoms with Gasteiger partial charge in [0.15, 0.2) is 0 Å². The SMILES string of the molecule is CCOC(=O)[C@H](C)N1CCN(C(=O)[C@@H](C)N)[C@@H](C)C1=O. The third-order valence-corrected chi connectivity index (χ3v) is 3.46. The Kier molecular flexibility index (Phi) is 5.50. The lowest BCUT2D eigenvalue weighted by molar-refractivity contribution is -0.161. The molecule has 0 spiro atoms. The quantitative estimate of drug-likeness (QED) is 0.692. The third-order valence-electron chi connectivity index (χ3n) is 3.46. The van der Waals surface area contributed by atoms with Crippen LogP contribution in [0.25, 0.3) is 0 Å². The molecule has 114 valence electrons. The van der Waals surface area contributed by atoms with Crippen LogP contribution in [0.5, 0.6) is 0 Å². The summed E-state index contributed by atoms with van der Waals surface area (Å²) in [5.41, 5.74) is 5.57. The molecule has 0 bridgehead atoms. The van der Waals surface area contributed by atoms with E-state index in [4.69, 9.17) is 10.5 Å². The molecule has 1 rings (SSSR count). The fraction of sp³-hybridized carbons (Fsp3) is 0.769. The molecule has 0 aromatic heterocycles. The topological polar surface area (TPSA) is 92.9 Å². The monoisotopic (exact) mass is 285 g/mol. The molecule has 0 aromatic rings. The third kappa shape index (κ3) is 3.27. The zero-order valence-corrected chi connectivity index (χ0v) is 12.5. The number of hydrogen-bond acceptors (Lipinski definition) is 5. The van der Waals surface area contributed by atoms with Gasteiger partial charge < -0.3 is 20.3 Å². The van der Waals surface area contributed by atoms with E-state index in [1.54, 1.807) is 27.7 Å². The highest BCUT2D eigenvalue weighted by molar-refractivity contribution is 5.92. The van der Waals surface area contributed by atoms with Gasteiger partial charge >= 0.3 is 5.97 Å². The van der Waals surface area contributed by atoms with Crippen molar-refractivity contribution in [2.24, 2.45) is 5.73 Å². The van der Waals surface area contributed by atoms with Gasteiger partial charge in [-0.1, -0.05) is 0 Å². The van der Waals surface area contributed by atoms with E-state index in [9.17, 15) is 14.4 Å². The number of piperazine rings is 1. The first kappa shape index (κ1) is 16.4. The number of ether oxygens (including phenoxy) is 1. The highest BCUT2D eigenvalue weighted by Gasteiger charge is 2.39. The highest BCUT2D eigenvalue weighted by Crippen LogP contribution is 2.15. The smallest absolute Gasteiger partial charge is 0.328 e. The molecule has 7 heteroatoms. The van der Waals surface area contributed by atoms with Crippen LogP contribution in [0.1, 0.15) is 27.7 Å². The summed E-state index contributed by atoms with van der Waals surface area (Å²) in [6, 6.07) is -1.89. The lowest BCUT2D eigenvalue weighted by Gasteiger charge is -2.41. The summed E-state index contributed by atoms with van der Waals surface area (Å²) in [4.78, 5) is 38.8. The molecule has 1 fully saturated rings. The summed E-state index contributed by atoms with van der Waals surface area (Å²) in [5, 5.41) is 0. The van der Waals surface area contributed by atoms with Gasteiger partial charge in [0.2, 0.25) is 11.8 Å². The van der Waals surface area contributed by atoms with Crippen LogP contribution >= 0.6 is 0 Å². The molecule has 0 aromatic carbocycles. The Hall–Kier alpha value is -1.63. The summed E-state index contributed by atoms with van der Waals surface area (Å²) in [6.07, 6.45) is 0. The van der Waals surface area contributed by atoms with Crippen molar-refractivity contribution in [3.05, 3.63) is 0 Å². The maximum Gasteiger partial charge on any atom is 0.328 e. The van der Waals surface area contributed by atoms with Gasteiger partial charge in [-0.15, -0.1) is 0 Å². The summed E-state index contributed by atoms with van der Waals surface area (Å²) in [7, 11) is 0. The minimum absolute atomic E-state index is 0.255. The molecule has 2 amide bonds. The van der Waals surface area contributed by atoms with E-state index in [0.29, 0.717) is 13.1 Å². The molecular formula is C13H23N3O4. The molecule has 1 heterocycles. The van der Waals surface area contributed by atoms with E-state index in [1.807, 2.05) is 0 Å². The average Bonchev–Trinajstić information content (AvgIpc) is 2.40. The second-order valence-electron chi connectivity index (χ2n) is 4.96. The van der Waals surface area contributed by atoms with Crippen molar-refractivity contribution < 1.29 is 19.1 Å². The Labute approximate surface area is 119 Å². The van der Waals surface area contributed by atoms with Crippen LogP contribution in [0.15, 0.2) is 0 Å². The Bertz CT molecular complexity index is 397. The predicted octanol–water partition coefficient (Wildman–Crippen LogP) is -0.655. The minimum atomic E-state index is -0.641. The fourth-order valence-electron chi connectivity index (χ4n) is 2.23. The zero-order chi connectivity index (χ0) is 15.4. The maximum absolute atomic E-state index is 12.3. The van der Waals surface area contributed by atoms with Gasteiger partial charge in [-0.25, -0.2) is 4.79 Å². The largest absolute Gasteiger partial charge is 0.464 e. The van der Waals surface area contributed by atoms with Gasteiger partial charge in [0, 0.05) is 13.1 Å². The first-order valence-electron chi connectivity index (χ1n) is 6.84. The number of rotatable bonds is 4. The van der Waals surface area contributed by atoms with Gasteiger partial charge in [0.25, 0.3) is 0 Å². The number of nitrogens with two attached hydrogens (primary N) is 1. The van der Waals surface area contributed by atoms with Gasteiger partial charge in [0.05, 0.1) is 12.6 Å². The molecule has 0 radical (unpaired) electrons. The van der Waals surface area contributed by atoms with Crippen LogP contribution in [-0.4, -0.2) is 65.4 Å². The van der Waals surface area contributed by atoms with Gasteiger partial charge in [-0.3, -0.25) is 9.59 Å². The Balaban J connectivity index is 2.77. The van der Waals surface area contributed by atoms with Crippen molar-refractivity contribution in [1.82, 2.24) is 9.80 Å². The number of carbonyl (C=O) groups excluding carboxylic acids is 3. The van der Waals surface area contributed by atoms with Gasteiger partial charge in [-0.05, 0) is 27.7 Å². The second-order valence-corrected chi connectivity index (χ2v) is 4.96. The summed E-state index contributed by atoms with van der Waals surface area (Å²) in [6.45, 7) is 7.54. The fourth-order valence-corrected chi connectivity index (χ4v) is 2.23. The van der Waals surface area contributed by atoms with Crippen LogP contribution in [0, 0.1) is 0 Å². The molecule has 3 atom stereocenters. The molecule has 1 saturated heterocycles. The molecular weight excluding hydrogens is 262 g/mol. The van der Waals surface area contributed by atoms with Gasteiger partial charge in [-0.2, -0.15) is 0 Å². The zero-order valence-electron chi connectivity index (χ0n) is 12.5. The first-order chi connectivity index (χ1) is 9.31. The highest BCUT2D eigenvalue weighted by atomic mass is 16.5. The van der Waals surface area contributed by atoms with E-state index < -0.39 is 24.1 Å². The van der Waals surface area contributed by atoms with E-state index in [1.165, 1.54) is 9.80 Å². The lowest BCUT2D eigenvalue weighted by Crippen LogP contribution is -2.62.